The molecule has 23 heavy (non-hydrogen) atoms. The van der Waals surface area contributed by atoms with E-state index in [0.29, 0.717) is 13.1 Å². The zero-order valence-electron chi connectivity index (χ0n) is 13.3. The third-order valence-electron chi connectivity index (χ3n) is 4.03. The van der Waals surface area contributed by atoms with Gasteiger partial charge in [-0.1, -0.05) is 18.2 Å². The molecule has 0 bridgehead atoms. The van der Waals surface area contributed by atoms with Gasteiger partial charge < -0.3 is 14.7 Å². The van der Waals surface area contributed by atoms with Crippen LogP contribution in [0.5, 0.6) is 0 Å². The monoisotopic (exact) mass is 311 g/mol. The summed E-state index contributed by atoms with van der Waals surface area (Å²) < 4.78 is 0. The van der Waals surface area contributed by atoms with Crippen LogP contribution in [0.1, 0.15) is 6.92 Å². The third kappa shape index (κ3) is 3.41. The number of benzene rings is 1. The first-order valence-corrected chi connectivity index (χ1v) is 7.91. The lowest BCUT2D eigenvalue weighted by Crippen LogP contribution is -2.46. The third-order valence-corrected chi connectivity index (χ3v) is 4.03. The largest absolute Gasteiger partial charge is 0.342 e. The van der Waals surface area contributed by atoms with Gasteiger partial charge in [-0.25, -0.2) is 4.98 Å². The fourth-order valence-electron chi connectivity index (χ4n) is 2.75. The molecule has 3 rings (SSSR count). The van der Waals surface area contributed by atoms with E-state index in [9.17, 15) is 4.79 Å². The van der Waals surface area contributed by atoms with Crippen molar-refractivity contribution < 1.29 is 4.79 Å². The van der Waals surface area contributed by atoms with Crippen molar-refractivity contribution in [3.05, 3.63) is 42.6 Å². The van der Waals surface area contributed by atoms with Gasteiger partial charge in [-0.15, -0.1) is 0 Å². The van der Waals surface area contributed by atoms with Gasteiger partial charge in [-0.05, 0) is 25.1 Å². The molecule has 0 unspecified atom stereocenters. The minimum Gasteiger partial charge on any atom is -0.342 e. The Morgan fingerprint density at radius 1 is 1.13 bits per heavy atom. The molecule has 0 atom stereocenters. The second-order valence-corrected chi connectivity index (χ2v) is 5.42. The van der Waals surface area contributed by atoms with Crippen molar-refractivity contribution >= 4 is 23.9 Å². The first-order chi connectivity index (χ1) is 11.3. The summed E-state index contributed by atoms with van der Waals surface area (Å²) in [5.41, 5.74) is 1.12. The average Bonchev–Trinajstić information content (AvgIpc) is 2.64. The molecule has 1 aromatic carbocycles. The van der Waals surface area contributed by atoms with Gasteiger partial charge >= 0.3 is 0 Å². The van der Waals surface area contributed by atoms with Crippen LogP contribution in [0.3, 0.4) is 0 Å². The predicted octanol–water partition coefficient (Wildman–Crippen LogP) is 1.91. The molecule has 1 aliphatic rings. The van der Waals surface area contributed by atoms with Crippen LogP contribution >= 0.6 is 0 Å². The van der Waals surface area contributed by atoms with Gasteiger partial charge in [0.15, 0.2) is 0 Å². The average molecular weight is 311 g/mol. The molecule has 2 aromatic rings. The second-order valence-electron chi connectivity index (χ2n) is 5.42. The molecule has 1 amide bonds. The number of piperazine rings is 1. The Kier molecular flexibility index (Phi) is 4.71. The van der Waals surface area contributed by atoms with Crippen LogP contribution in [0.25, 0.3) is 0 Å². The highest BCUT2D eigenvalue weighted by atomic mass is 16.1. The Morgan fingerprint density at radius 2 is 1.87 bits per heavy atom. The Bertz CT molecular complexity index is 640. The number of amides is 1. The van der Waals surface area contributed by atoms with Gasteiger partial charge in [-0.2, -0.15) is 4.98 Å². The Hall–Kier alpha value is -2.63. The van der Waals surface area contributed by atoms with Crippen molar-refractivity contribution in [1.82, 2.24) is 14.9 Å². The van der Waals surface area contributed by atoms with Gasteiger partial charge in [0, 0.05) is 44.6 Å². The number of rotatable bonds is 5. The Morgan fingerprint density at radius 3 is 2.52 bits per heavy atom. The SMILES string of the molecule is CCN(c1ccccc1)c1ccnc(N2CCN(C=O)CC2)n1. The first-order valence-electron chi connectivity index (χ1n) is 7.91. The fraction of sp³-hybridized carbons (Fsp3) is 0.353. The molecule has 120 valence electrons. The lowest BCUT2D eigenvalue weighted by Gasteiger charge is -2.33. The maximum Gasteiger partial charge on any atom is 0.227 e. The Balaban J connectivity index is 1.80. The number of hydrogen-bond donors (Lipinski definition) is 0. The zero-order valence-corrected chi connectivity index (χ0v) is 13.3. The first kappa shape index (κ1) is 15.3. The van der Waals surface area contributed by atoms with Gasteiger partial charge in [0.2, 0.25) is 12.4 Å². The van der Waals surface area contributed by atoms with Crippen molar-refractivity contribution in [2.24, 2.45) is 0 Å². The van der Waals surface area contributed by atoms with Crippen LogP contribution in [0, 0.1) is 0 Å². The Labute approximate surface area is 136 Å². The molecular formula is C17H21N5O. The topological polar surface area (TPSA) is 52.6 Å². The maximum absolute atomic E-state index is 10.8. The summed E-state index contributed by atoms with van der Waals surface area (Å²) in [6.45, 7) is 5.90. The number of carbonyl (C=O) groups is 1. The molecule has 0 saturated carbocycles. The zero-order chi connectivity index (χ0) is 16.1. The number of carbonyl (C=O) groups excluding carboxylic acids is 1. The van der Waals surface area contributed by atoms with Crippen molar-refractivity contribution in [1.29, 1.82) is 0 Å². The maximum atomic E-state index is 10.8. The molecule has 0 spiro atoms. The molecule has 0 aliphatic carbocycles. The van der Waals surface area contributed by atoms with Crippen LogP contribution in [-0.2, 0) is 4.79 Å². The van der Waals surface area contributed by atoms with E-state index in [2.05, 4.69) is 33.8 Å². The summed E-state index contributed by atoms with van der Waals surface area (Å²) in [6.07, 6.45) is 2.71. The number of anilines is 3. The fourth-order valence-corrected chi connectivity index (χ4v) is 2.75. The lowest BCUT2D eigenvalue weighted by molar-refractivity contribution is -0.118. The highest BCUT2D eigenvalue weighted by Gasteiger charge is 2.19. The second kappa shape index (κ2) is 7.09. The van der Waals surface area contributed by atoms with Gasteiger partial charge in [0.05, 0.1) is 0 Å². The van der Waals surface area contributed by atoms with Crippen LogP contribution in [-0.4, -0.2) is 54.0 Å². The highest BCUT2D eigenvalue weighted by Crippen LogP contribution is 2.24. The highest BCUT2D eigenvalue weighted by molar-refractivity contribution is 5.60. The molecule has 0 N–H and O–H groups in total. The van der Waals surface area contributed by atoms with E-state index in [-0.39, 0.29) is 0 Å². The van der Waals surface area contributed by atoms with Crippen molar-refractivity contribution in [2.75, 3.05) is 42.5 Å². The smallest absolute Gasteiger partial charge is 0.227 e. The van der Waals surface area contributed by atoms with Gasteiger partial charge in [-0.3, -0.25) is 4.79 Å². The number of aromatic nitrogens is 2. The number of hydrogen-bond acceptors (Lipinski definition) is 5. The summed E-state index contributed by atoms with van der Waals surface area (Å²) in [5, 5.41) is 0. The standard InChI is InChI=1S/C17H21N5O/c1-2-22(15-6-4-3-5-7-15)16-8-9-18-17(19-16)21-12-10-20(14-23)11-13-21/h3-9,14H,2,10-13H2,1H3. The molecule has 6 nitrogen and oxygen atoms in total. The van der Waals surface area contributed by atoms with Gasteiger partial charge in [0.25, 0.3) is 0 Å². The van der Waals surface area contributed by atoms with E-state index in [1.807, 2.05) is 24.3 Å². The van der Waals surface area contributed by atoms with Crippen LogP contribution < -0.4 is 9.80 Å². The van der Waals surface area contributed by atoms with Crippen molar-refractivity contribution in [3.8, 4) is 0 Å². The summed E-state index contributed by atoms with van der Waals surface area (Å²) in [7, 11) is 0. The normalized spacial score (nSPS) is 14.7. The quantitative estimate of drug-likeness (QED) is 0.790. The van der Waals surface area contributed by atoms with E-state index in [0.717, 1.165) is 43.5 Å². The predicted molar refractivity (Wildman–Crippen MR) is 91.0 cm³/mol. The summed E-state index contributed by atoms with van der Waals surface area (Å²) >= 11 is 0. The van der Waals surface area contributed by atoms with E-state index in [4.69, 9.17) is 4.98 Å². The minimum atomic E-state index is 0.716. The minimum absolute atomic E-state index is 0.716. The molecule has 1 aromatic heterocycles. The van der Waals surface area contributed by atoms with Crippen LogP contribution in [0.2, 0.25) is 0 Å². The van der Waals surface area contributed by atoms with Crippen LogP contribution in [0.4, 0.5) is 17.5 Å². The summed E-state index contributed by atoms with van der Waals surface area (Å²) in [5.74, 6) is 1.61. The van der Waals surface area contributed by atoms with E-state index in [1.54, 1.807) is 11.1 Å². The number of para-hydroxylation sites is 1. The van der Waals surface area contributed by atoms with Crippen molar-refractivity contribution in [2.45, 2.75) is 6.92 Å². The molecule has 6 heteroatoms. The van der Waals surface area contributed by atoms with Crippen LogP contribution in [0.15, 0.2) is 42.6 Å². The number of nitrogens with zero attached hydrogens (tertiary/aromatic N) is 5. The summed E-state index contributed by atoms with van der Waals surface area (Å²) in [6, 6.07) is 12.1. The molecule has 1 saturated heterocycles. The summed E-state index contributed by atoms with van der Waals surface area (Å²) in [4.78, 5) is 26.0. The van der Waals surface area contributed by atoms with Gasteiger partial charge in [0.1, 0.15) is 5.82 Å². The molecule has 1 fully saturated rings. The van der Waals surface area contributed by atoms with E-state index in [1.165, 1.54) is 0 Å². The van der Waals surface area contributed by atoms with E-state index >= 15 is 0 Å². The lowest BCUT2D eigenvalue weighted by atomic mass is 10.3. The molecule has 2 heterocycles. The molecular weight excluding hydrogens is 290 g/mol. The van der Waals surface area contributed by atoms with E-state index < -0.39 is 0 Å². The molecule has 1 aliphatic heterocycles. The molecule has 0 radical (unpaired) electrons. The van der Waals surface area contributed by atoms with Crippen molar-refractivity contribution in [3.63, 3.8) is 0 Å².